The van der Waals surface area contributed by atoms with Gasteiger partial charge in [-0.2, -0.15) is 0 Å². The van der Waals surface area contributed by atoms with Gasteiger partial charge in [0.2, 0.25) is 5.91 Å². The van der Waals surface area contributed by atoms with Gasteiger partial charge in [0.15, 0.2) is 0 Å². The van der Waals surface area contributed by atoms with Gasteiger partial charge in [-0.25, -0.2) is 0 Å². The van der Waals surface area contributed by atoms with Gasteiger partial charge in [0.1, 0.15) is 0 Å². The van der Waals surface area contributed by atoms with Gasteiger partial charge in [0.05, 0.1) is 12.0 Å². The van der Waals surface area contributed by atoms with Gasteiger partial charge < -0.3 is 10.0 Å². The van der Waals surface area contributed by atoms with E-state index in [-0.39, 0.29) is 5.91 Å². The third kappa shape index (κ3) is 2.83. The zero-order valence-electron chi connectivity index (χ0n) is 11.2. The Labute approximate surface area is 108 Å². The number of likely N-dealkylation sites (tertiary alicyclic amines) is 1. The lowest BCUT2D eigenvalue weighted by Crippen LogP contribution is -2.46. The van der Waals surface area contributed by atoms with E-state index in [0.29, 0.717) is 38.5 Å². The summed E-state index contributed by atoms with van der Waals surface area (Å²) in [6.45, 7) is 3.63. The molecular weight excluding hydrogens is 232 g/mol. The topological polar surface area (TPSA) is 60.9 Å². The number of carbonyl (C=O) groups excluding carboxylic acids is 1. The second-order valence-corrected chi connectivity index (χ2v) is 5.88. The normalized spacial score (nSPS) is 23.7. The number of hydrogen-bond acceptors (Lipinski definition) is 3. The molecule has 1 amide bonds. The number of nitrogens with zero attached hydrogens (tertiary/aromatic N) is 2. The summed E-state index contributed by atoms with van der Waals surface area (Å²) in [6.07, 6.45) is 3.50. The quantitative estimate of drug-likeness (QED) is 0.806. The molecule has 0 unspecified atom stereocenters. The van der Waals surface area contributed by atoms with Gasteiger partial charge in [-0.15, -0.1) is 0 Å². The lowest BCUT2D eigenvalue weighted by atomic mass is 9.80. The van der Waals surface area contributed by atoms with Crippen LogP contribution in [0.4, 0.5) is 0 Å². The molecular formula is C13H22N2O3. The molecule has 1 heterocycles. The van der Waals surface area contributed by atoms with Gasteiger partial charge >= 0.3 is 5.97 Å². The number of carboxylic acid groups (broad SMARTS) is 1. The number of rotatable bonds is 4. The van der Waals surface area contributed by atoms with Crippen molar-refractivity contribution < 1.29 is 14.7 Å². The zero-order chi connectivity index (χ0) is 13.3. The average molecular weight is 254 g/mol. The first kappa shape index (κ1) is 13.3. The maximum Gasteiger partial charge on any atom is 0.309 e. The van der Waals surface area contributed by atoms with Crippen LogP contribution in [0.2, 0.25) is 0 Å². The number of carboxylic acids is 1. The third-order valence-corrected chi connectivity index (χ3v) is 4.32. The highest BCUT2D eigenvalue weighted by molar-refractivity contribution is 5.79. The van der Waals surface area contributed by atoms with Crippen LogP contribution in [0.3, 0.4) is 0 Å². The zero-order valence-corrected chi connectivity index (χ0v) is 11.2. The summed E-state index contributed by atoms with van der Waals surface area (Å²) in [7, 11) is 1.87. The maximum absolute atomic E-state index is 12.0. The smallest absolute Gasteiger partial charge is 0.309 e. The molecule has 0 radical (unpaired) electrons. The van der Waals surface area contributed by atoms with Crippen LogP contribution in [0.25, 0.3) is 0 Å². The van der Waals surface area contributed by atoms with Crippen LogP contribution < -0.4 is 0 Å². The van der Waals surface area contributed by atoms with Crippen molar-refractivity contribution in [2.75, 3.05) is 26.7 Å². The number of carbonyl (C=O) groups is 2. The Morgan fingerprint density at radius 2 is 1.89 bits per heavy atom. The van der Waals surface area contributed by atoms with Crippen LogP contribution in [0.1, 0.15) is 32.6 Å². The van der Waals surface area contributed by atoms with Crippen molar-refractivity contribution in [1.82, 2.24) is 9.80 Å². The van der Waals surface area contributed by atoms with E-state index in [0.717, 1.165) is 12.8 Å². The van der Waals surface area contributed by atoms with Crippen molar-refractivity contribution in [2.24, 2.45) is 5.41 Å². The van der Waals surface area contributed by atoms with E-state index in [1.165, 1.54) is 0 Å². The predicted octanol–water partition coefficient (Wildman–Crippen LogP) is 0.794. The Morgan fingerprint density at radius 1 is 1.33 bits per heavy atom. The lowest BCUT2D eigenvalue weighted by Gasteiger charge is -2.36. The number of amides is 1. The Kier molecular flexibility index (Phi) is 3.61. The molecule has 2 aliphatic rings. The Bertz CT molecular complexity index is 344. The summed E-state index contributed by atoms with van der Waals surface area (Å²) in [6, 6.07) is 0.451. The second kappa shape index (κ2) is 4.88. The molecule has 0 aromatic carbocycles. The summed E-state index contributed by atoms with van der Waals surface area (Å²) in [5.74, 6) is -0.556. The van der Waals surface area contributed by atoms with Crippen LogP contribution in [-0.2, 0) is 9.59 Å². The first-order valence-corrected chi connectivity index (χ1v) is 6.64. The van der Waals surface area contributed by atoms with Crippen LogP contribution in [0.5, 0.6) is 0 Å². The van der Waals surface area contributed by atoms with Gasteiger partial charge in [0.25, 0.3) is 0 Å². The number of aliphatic carboxylic acids is 1. The van der Waals surface area contributed by atoms with E-state index < -0.39 is 11.4 Å². The third-order valence-electron chi connectivity index (χ3n) is 4.32. The molecule has 1 saturated heterocycles. The van der Waals surface area contributed by atoms with Crippen molar-refractivity contribution in [3.63, 3.8) is 0 Å². The van der Waals surface area contributed by atoms with Crippen LogP contribution in [0.15, 0.2) is 0 Å². The van der Waals surface area contributed by atoms with E-state index in [1.807, 2.05) is 11.9 Å². The highest BCUT2D eigenvalue weighted by Crippen LogP contribution is 2.31. The Hall–Kier alpha value is -1.10. The van der Waals surface area contributed by atoms with Gasteiger partial charge in [0, 0.05) is 13.1 Å². The lowest BCUT2D eigenvalue weighted by molar-refractivity contribution is -0.150. The van der Waals surface area contributed by atoms with Crippen molar-refractivity contribution in [2.45, 2.75) is 38.6 Å². The van der Waals surface area contributed by atoms with Crippen molar-refractivity contribution in [3.05, 3.63) is 0 Å². The number of piperidine rings is 1. The highest BCUT2D eigenvalue weighted by Gasteiger charge is 2.38. The fraction of sp³-hybridized carbons (Fsp3) is 0.846. The highest BCUT2D eigenvalue weighted by atomic mass is 16.4. The molecule has 1 aliphatic heterocycles. The Balaban J connectivity index is 1.79. The van der Waals surface area contributed by atoms with Gasteiger partial charge in [-0.3, -0.25) is 14.5 Å². The molecule has 0 atom stereocenters. The molecule has 1 saturated carbocycles. The molecule has 0 aromatic heterocycles. The fourth-order valence-electron chi connectivity index (χ4n) is 2.39. The second-order valence-electron chi connectivity index (χ2n) is 5.88. The summed E-state index contributed by atoms with van der Waals surface area (Å²) < 4.78 is 0. The van der Waals surface area contributed by atoms with Crippen LogP contribution in [-0.4, -0.2) is 59.5 Å². The molecule has 2 rings (SSSR count). The number of hydrogen-bond donors (Lipinski definition) is 1. The minimum absolute atomic E-state index is 0.163. The minimum Gasteiger partial charge on any atom is -0.481 e. The van der Waals surface area contributed by atoms with E-state index in [9.17, 15) is 9.59 Å². The largest absolute Gasteiger partial charge is 0.481 e. The standard InChI is InChI=1S/C13H22N2O3/c1-13(12(17)18)5-7-15(8-6-13)9-11(16)14(2)10-3-4-10/h10H,3-9H2,1-2H3,(H,17,18). The predicted molar refractivity (Wildman–Crippen MR) is 67.2 cm³/mol. The molecule has 1 N–H and O–H groups in total. The summed E-state index contributed by atoms with van der Waals surface area (Å²) in [5.41, 5.74) is -0.609. The summed E-state index contributed by atoms with van der Waals surface area (Å²) in [5, 5.41) is 9.14. The Morgan fingerprint density at radius 3 is 2.33 bits per heavy atom. The van der Waals surface area contributed by atoms with E-state index in [2.05, 4.69) is 4.90 Å². The summed E-state index contributed by atoms with van der Waals surface area (Å²) in [4.78, 5) is 27.0. The van der Waals surface area contributed by atoms with Crippen molar-refractivity contribution in [1.29, 1.82) is 0 Å². The molecule has 102 valence electrons. The van der Waals surface area contributed by atoms with E-state index >= 15 is 0 Å². The minimum atomic E-state index is -0.719. The first-order valence-electron chi connectivity index (χ1n) is 6.64. The number of likely N-dealkylation sites (N-methyl/N-ethyl adjacent to an activating group) is 1. The molecule has 0 bridgehead atoms. The van der Waals surface area contributed by atoms with E-state index in [1.54, 1.807) is 6.92 Å². The molecule has 18 heavy (non-hydrogen) atoms. The van der Waals surface area contributed by atoms with Crippen LogP contribution >= 0.6 is 0 Å². The van der Waals surface area contributed by atoms with Crippen LogP contribution in [0, 0.1) is 5.41 Å². The molecule has 1 aliphatic carbocycles. The molecule has 5 heteroatoms. The molecule has 2 fully saturated rings. The average Bonchev–Trinajstić information content (AvgIpc) is 3.15. The van der Waals surface area contributed by atoms with Crippen molar-refractivity contribution >= 4 is 11.9 Å². The fourth-order valence-corrected chi connectivity index (χ4v) is 2.39. The molecule has 5 nitrogen and oxygen atoms in total. The monoisotopic (exact) mass is 254 g/mol. The van der Waals surface area contributed by atoms with Crippen molar-refractivity contribution in [3.8, 4) is 0 Å². The van der Waals surface area contributed by atoms with Gasteiger partial charge in [-0.05, 0) is 45.7 Å². The summed E-state index contributed by atoms with van der Waals surface area (Å²) >= 11 is 0. The first-order chi connectivity index (χ1) is 8.42. The maximum atomic E-state index is 12.0. The molecule has 0 aromatic rings. The SMILES string of the molecule is CN(C(=O)CN1CCC(C)(C(=O)O)CC1)C1CC1. The van der Waals surface area contributed by atoms with E-state index in [4.69, 9.17) is 5.11 Å². The molecule has 0 spiro atoms. The van der Waals surface area contributed by atoms with Gasteiger partial charge in [-0.1, -0.05) is 0 Å².